The molecule has 0 aromatic rings. The molecule has 10 N–H and O–H groups in total. The third kappa shape index (κ3) is 28.8. The number of ether oxygens (including phenoxy) is 2. The third-order valence-electron chi connectivity index (χ3n) is 13.3. The second-order valence-electron chi connectivity index (χ2n) is 19.6. The minimum atomic E-state index is -5.76. The number of aliphatic hydroxyl groups is 7. The standard InChI is InChI=1S/C51H92O19P2/c1-3-5-7-8-9-10-11-12-13-14-15-16-17-18-19-20-21-22-27-31-44(55)66-36-39-37-67-72(64,65)70-51-49(60)48(59)46(57)40(30-26-23-24-28-32-45(56)68-39)42(53)35-43(54)41(34-33-38(52)29-25-6-4-2)47(58)50(51)69-71(61,62)63/h9-10,12-13,33-34,38-43,46-54,57-60H,3-8,11,14-32,35-37H2,1-2H3,(H,64,65)(H2,61,62,63)/b10-9-,13-12-,34-33?/t38-,39+,40-,41-,42-,43+,46+,47+,48-,49+,50+,51-/m0/s1. The van der Waals surface area contributed by atoms with Gasteiger partial charge in [-0.15, -0.1) is 0 Å². The fourth-order valence-corrected chi connectivity index (χ4v) is 10.6. The van der Waals surface area contributed by atoms with Crippen LogP contribution in [-0.4, -0.2) is 137 Å². The van der Waals surface area contributed by atoms with Crippen LogP contribution in [0.1, 0.15) is 187 Å². The van der Waals surface area contributed by atoms with Gasteiger partial charge < -0.3 is 59.9 Å². The van der Waals surface area contributed by atoms with Crippen LogP contribution >= 0.6 is 15.6 Å². The molecule has 2 aliphatic rings. The summed E-state index contributed by atoms with van der Waals surface area (Å²) in [6.45, 7) is 2.60. The Morgan fingerprint density at radius 2 is 1.36 bits per heavy atom. The monoisotopic (exact) mass is 1070 g/mol. The summed E-state index contributed by atoms with van der Waals surface area (Å²) in [6.07, 6.45) is 10.0. The van der Waals surface area contributed by atoms with E-state index in [4.69, 9.17) is 23.0 Å². The molecule has 0 radical (unpaired) electrons. The number of carbonyl (C=O) groups is 2. The molecule has 1 heterocycles. The highest BCUT2D eigenvalue weighted by atomic mass is 31.2. The minimum Gasteiger partial charge on any atom is -0.462 e. The van der Waals surface area contributed by atoms with E-state index in [2.05, 4.69) is 31.2 Å². The zero-order chi connectivity index (χ0) is 53.4. The van der Waals surface area contributed by atoms with Crippen LogP contribution in [0.15, 0.2) is 36.5 Å². The summed E-state index contributed by atoms with van der Waals surface area (Å²) in [6, 6.07) is 0. The van der Waals surface area contributed by atoms with E-state index in [0.29, 0.717) is 38.5 Å². The van der Waals surface area contributed by atoms with E-state index in [9.17, 15) is 69.1 Å². The molecule has 1 aliphatic heterocycles. The number of rotatable bonds is 28. The van der Waals surface area contributed by atoms with Gasteiger partial charge in [0.1, 0.15) is 31.0 Å². The lowest BCUT2D eigenvalue weighted by Crippen LogP contribution is -2.56. The summed E-state index contributed by atoms with van der Waals surface area (Å²) in [4.78, 5) is 56.9. The number of aliphatic hydroxyl groups excluding tert-OH is 7. The fourth-order valence-electron chi connectivity index (χ4n) is 9.03. The van der Waals surface area contributed by atoms with E-state index < -0.39 is 120 Å². The van der Waals surface area contributed by atoms with E-state index >= 15 is 0 Å². The van der Waals surface area contributed by atoms with E-state index in [1.54, 1.807) is 0 Å². The number of fused-ring (bicyclic) bond motifs is 4. The van der Waals surface area contributed by atoms with Gasteiger partial charge in [0.2, 0.25) is 0 Å². The van der Waals surface area contributed by atoms with Gasteiger partial charge in [0.25, 0.3) is 0 Å². The Labute approximate surface area is 428 Å². The third-order valence-corrected chi connectivity index (χ3v) is 14.8. The topological polar surface area (TPSA) is 317 Å². The molecule has 1 saturated carbocycles. The zero-order valence-electron chi connectivity index (χ0n) is 42.9. The van der Waals surface area contributed by atoms with Crippen molar-refractivity contribution < 1.29 is 92.2 Å². The van der Waals surface area contributed by atoms with Gasteiger partial charge in [-0.3, -0.25) is 23.2 Å². The van der Waals surface area contributed by atoms with Crippen molar-refractivity contribution in [2.75, 3.05) is 13.2 Å². The second kappa shape index (κ2) is 37.8. The molecule has 1 unspecified atom stereocenters. The maximum Gasteiger partial charge on any atom is 0.472 e. The summed E-state index contributed by atoms with van der Waals surface area (Å²) < 4.78 is 52.3. The predicted octanol–water partition coefficient (Wildman–Crippen LogP) is 7.45. The summed E-state index contributed by atoms with van der Waals surface area (Å²) in [5.74, 6) is -4.36. The van der Waals surface area contributed by atoms with Gasteiger partial charge in [-0.25, -0.2) is 9.13 Å². The first-order valence-corrected chi connectivity index (χ1v) is 29.8. The summed E-state index contributed by atoms with van der Waals surface area (Å²) in [5, 5.41) is 79.9. The van der Waals surface area contributed by atoms with Crippen molar-refractivity contribution >= 4 is 27.6 Å². The molecule has 0 spiro atoms. The normalized spacial score (nSPS) is 30.6. The van der Waals surface area contributed by atoms with Gasteiger partial charge in [-0.2, -0.15) is 0 Å². The van der Waals surface area contributed by atoms with Crippen molar-refractivity contribution in [3.63, 3.8) is 0 Å². The average Bonchev–Trinajstić information content (AvgIpc) is 3.32. The highest BCUT2D eigenvalue weighted by molar-refractivity contribution is 7.47. The number of cyclic esters (lactones) is 1. The highest BCUT2D eigenvalue weighted by Crippen LogP contribution is 2.50. The number of unbranched alkanes of at least 4 members (excludes halogenated alkanes) is 14. The number of phosphoric ester groups is 2. The molecule has 1 aliphatic carbocycles. The van der Waals surface area contributed by atoms with Crippen LogP contribution in [0.4, 0.5) is 0 Å². The first kappa shape index (κ1) is 66.2. The summed E-state index contributed by atoms with van der Waals surface area (Å²) in [7, 11) is -11.4. The Morgan fingerprint density at radius 3 is 2.00 bits per heavy atom. The van der Waals surface area contributed by atoms with Crippen LogP contribution in [0.3, 0.4) is 0 Å². The first-order chi connectivity index (χ1) is 34.3. The molecule has 2 rings (SSSR count). The minimum absolute atomic E-state index is 0.0258. The van der Waals surface area contributed by atoms with Crippen molar-refractivity contribution in [1.29, 1.82) is 0 Å². The predicted molar refractivity (Wildman–Crippen MR) is 271 cm³/mol. The number of phosphoric acid groups is 2. The lowest BCUT2D eigenvalue weighted by molar-refractivity contribution is -0.166. The SMILES string of the molecule is CCCCC/C=C\C/C=C\CCCCCCCCCCCC(=O)OC[C@@H]1COP(=O)(O)O[C@H]2[C@H](O)[C@@H](O)[C@H](O)[C@@H](CCCCCCC(=O)O1)[C@@H](O)C[C@@H](O)[C@H](C=C[C@@H](O)CCCCC)[C@@H](O)[C@H]2OP(=O)(O)O. The lowest BCUT2D eigenvalue weighted by Gasteiger charge is -2.39. The number of allylic oxidation sites excluding steroid dienone is 4. The molecule has 0 amide bonds. The van der Waals surface area contributed by atoms with Crippen LogP contribution in [0.5, 0.6) is 0 Å². The molecule has 0 aromatic heterocycles. The van der Waals surface area contributed by atoms with Crippen molar-refractivity contribution in [2.24, 2.45) is 11.8 Å². The van der Waals surface area contributed by atoms with Gasteiger partial charge in [0.05, 0.1) is 37.1 Å². The Morgan fingerprint density at radius 1 is 0.764 bits per heavy atom. The molecule has 19 nitrogen and oxygen atoms in total. The van der Waals surface area contributed by atoms with E-state index in [-0.39, 0.29) is 25.7 Å². The smallest absolute Gasteiger partial charge is 0.462 e. The molecular formula is C51H92O19P2. The van der Waals surface area contributed by atoms with Crippen molar-refractivity contribution in [1.82, 2.24) is 0 Å². The maximum atomic E-state index is 13.8. The zero-order valence-corrected chi connectivity index (χ0v) is 44.7. The first-order valence-electron chi connectivity index (χ1n) is 26.8. The Balaban J connectivity index is 2.16. The van der Waals surface area contributed by atoms with Gasteiger partial charge in [-0.05, 0) is 57.8 Å². The van der Waals surface area contributed by atoms with Crippen LogP contribution in [0, 0.1) is 11.8 Å². The molecule has 0 aromatic carbocycles. The molecular weight excluding hydrogens is 978 g/mol. The summed E-state index contributed by atoms with van der Waals surface area (Å²) in [5.41, 5.74) is 0. The molecule has 2 fully saturated rings. The van der Waals surface area contributed by atoms with E-state index in [0.717, 1.165) is 70.3 Å². The van der Waals surface area contributed by atoms with E-state index in [1.165, 1.54) is 44.6 Å². The Kier molecular flexibility index (Phi) is 34.7. The fraction of sp³-hybridized carbons (Fsp3) is 0.843. The number of hydrogen-bond donors (Lipinski definition) is 10. The summed E-state index contributed by atoms with van der Waals surface area (Å²) >= 11 is 0. The van der Waals surface area contributed by atoms with E-state index in [1.807, 2.05) is 6.92 Å². The number of esters is 2. The van der Waals surface area contributed by atoms with Gasteiger partial charge in [0.15, 0.2) is 6.10 Å². The number of hydrogen-bond acceptors (Lipinski definition) is 16. The Hall–Kier alpha value is -1.90. The van der Waals surface area contributed by atoms with Crippen LogP contribution in [-0.2, 0) is 41.8 Å². The van der Waals surface area contributed by atoms with Gasteiger partial charge >= 0.3 is 27.6 Å². The Bertz CT molecular complexity index is 1640. The maximum absolute atomic E-state index is 13.8. The second-order valence-corrected chi connectivity index (χ2v) is 22.2. The van der Waals surface area contributed by atoms with Crippen molar-refractivity contribution in [3.05, 3.63) is 36.5 Å². The highest BCUT2D eigenvalue weighted by Gasteiger charge is 2.51. The van der Waals surface area contributed by atoms with Crippen molar-refractivity contribution in [2.45, 2.75) is 248 Å². The van der Waals surface area contributed by atoms with Crippen molar-refractivity contribution in [3.8, 4) is 0 Å². The van der Waals surface area contributed by atoms with Crippen LogP contribution in [0.2, 0.25) is 0 Å². The molecule has 420 valence electrons. The van der Waals surface area contributed by atoms with Crippen LogP contribution in [0.25, 0.3) is 0 Å². The molecule has 72 heavy (non-hydrogen) atoms. The average molecular weight is 1070 g/mol. The molecule has 21 heteroatoms. The quantitative estimate of drug-likeness (QED) is 0.0157. The largest absolute Gasteiger partial charge is 0.472 e. The molecule has 1 saturated heterocycles. The van der Waals surface area contributed by atoms with Gasteiger partial charge in [0, 0.05) is 31.1 Å². The van der Waals surface area contributed by atoms with Gasteiger partial charge in [-0.1, -0.05) is 147 Å². The molecule has 13 atom stereocenters. The lowest BCUT2D eigenvalue weighted by atomic mass is 9.82. The van der Waals surface area contributed by atoms with Crippen LogP contribution < -0.4 is 0 Å². The molecule has 2 bridgehead atoms. The number of carbonyl (C=O) groups excluding carboxylic acids is 2.